The molecule has 4 rings (SSSR count). The number of carbonyl (C=O) groups excluding carboxylic acids is 2. The predicted octanol–water partition coefficient (Wildman–Crippen LogP) is 6.14. The van der Waals surface area contributed by atoms with Crippen molar-refractivity contribution in [3.8, 4) is 5.75 Å². The number of hydrogen-bond acceptors (Lipinski definition) is 5. The van der Waals surface area contributed by atoms with Gasteiger partial charge in [0.1, 0.15) is 18.3 Å². The van der Waals surface area contributed by atoms with E-state index in [9.17, 15) is 18.0 Å². The van der Waals surface area contributed by atoms with Gasteiger partial charge in [-0.05, 0) is 62.6 Å². The molecule has 0 radical (unpaired) electrons. The summed E-state index contributed by atoms with van der Waals surface area (Å²) in [6, 6.07) is 31.0. The molecule has 0 spiro atoms. The monoisotopic (exact) mass is 641 g/mol. The minimum Gasteiger partial charge on any atom is -0.492 e. The van der Waals surface area contributed by atoms with E-state index in [0.717, 1.165) is 21.0 Å². The Bertz CT molecular complexity index is 1700. The molecular formula is C37H43N3O5S. The molecule has 0 aliphatic carbocycles. The van der Waals surface area contributed by atoms with Crippen molar-refractivity contribution in [1.82, 2.24) is 10.2 Å². The van der Waals surface area contributed by atoms with Crippen molar-refractivity contribution in [2.24, 2.45) is 0 Å². The molecule has 2 amide bonds. The number of aryl methyl sites for hydroxylation is 1. The molecule has 0 aliphatic rings. The fraction of sp³-hybridized carbons (Fsp3) is 0.297. The van der Waals surface area contributed by atoms with Crippen molar-refractivity contribution < 1.29 is 22.7 Å². The maximum absolute atomic E-state index is 14.7. The number of anilines is 1. The second-order valence-corrected chi connectivity index (χ2v) is 13.1. The van der Waals surface area contributed by atoms with Gasteiger partial charge in [-0.25, -0.2) is 8.42 Å². The van der Waals surface area contributed by atoms with Crippen molar-refractivity contribution in [2.75, 3.05) is 17.5 Å². The zero-order chi connectivity index (χ0) is 33.1. The van der Waals surface area contributed by atoms with Crippen LogP contribution in [0.5, 0.6) is 5.75 Å². The number of rotatable bonds is 15. The molecule has 0 aliphatic heterocycles. The SMILES string of the molecule is CCOc1ccccc1N(CC(=O)N(Cc1cccc(C)c1)C(Cc1ccccc1)C(=O)NC(C)CC)S(=O)(=O)c1ccccc1. The van der Waals surface area contributed by atoms with Crippen LogP contribution >= 0.6 is 0 Å². The van der Waals surface area contributed by atoms with Crippen LogP contribution in [0.4, 0.5) is 5.69 Å². The van der Waals surface area contributed by atoms with Gasteiger partial charge in [-0.1, -0.05) is 97.4 Å². The molecule has 0 aromatic heterocycles. The lowest BCUT2D eigenvalue weighted by Crippen LogP contribution is -2.54. The molecule has 0 fully saturated rings. The first-order valence-corrected chi connectivity index (χ1v) is 17.1. The van der Waals surface area contributed by atoms with Crippen molar-refractivity contribution in [3.05, 3.63) is 126 Å². The Hall–Kier alpha value is -4.63. The molecule has 0 saturated carbocycles. The minimum atomic E-state index is -4.23. The fourth-order valence-electron chi connectivity index (χ4n) is 5.18. The average Bonchev–Trinajstić information content (AvgIpc) is 3.06. The lowest BCUT2D eigenvalue weighted by Gasteiger charge is -2.34. The Morgan fingerprint density at radius 1 is 0.826 bits per heavy atom. The summed E-state index contributed by atoms with van der Waals surface area (Å²) in [7, 11) is -4.23. The number of benzene rings is 4. The van der Waals surface area contributed by atoms with Gasteiger partial charge in [0.2, 0.25) is 11.8 Å². The first-order chi connectivity index (χ1) is 22.1. The summed E-state index contributed by atoms with van der Waals surface area (Å²) in [4.78, 5) is 30.2. The smallest absolute Gasteiger partial charge is 0.264 e. The van der Waals surface area contributed by atoms with Gasteiger partial charge >= 0.3 is 0 Å². The van der Waals surface area contributed by atoms with Crippen LogP contribution in [-0.2, 0) is 32.6 Å². The molecule has 0 saturated heterocycles. The third kappa shape index (κ3) is 8.75. The molecule has 4 aromatic carbocycles. The van der Waals surface area contributed by atoms with Gasteiger partial charge in [0.05, 0.1) is 17.2 Å². The summed E-state index contributed by atoms with van der Waals surface area (Å²) in [5.74, 6) is -0.489. The Morgan fingerprint density at radius 3 is 2.11 bits per heavy atom. The number of carbonyl (C=O) groups is 2. The summed E-state index contributed by atoms with van der Waals surface area (Å²) in [6.45, 7) is 7.54. The molecule has 242 valence electrons. The van der Waals surface area contributed by atoms with E-state index >= 15 is 0 Å². The molecule has 8 nitrogen and oxygen atoms in total. The number of hydrogen-bond donors (Lipinski definition) is 1. The molecular weight excluding hydrogens is 598 g/mol. The highest BCUT2D eigenvalue weighted by atomic mass is 32.2. The molecule has 9 heteroatoms. The van der Waals surface area contributed by atoms with Gasteiger partial charge in [0, 0.05) is 19.0 Å². The van der Waals surface area contributed by atoms with Crippen LogP contribution in [-0.4, -0.2) is 50.4 Å². The van der Waals surface area contributed by atoms with Gasteiger partial charge in [0.15, 0.2) is 0 Å². The summed E-state index contributed by atoms with van der Waals surface area (Å²) >= 11 is 0. The van der Waals surface area contributed by atoms with Gasteiger partial charge in [0.25, 0.3) is 10.0 Å². The standard InChI is InChI=1S/C37H43N3O5S/c1-5-29(4)38-37(42)34(25-30-17-9-7-10-18-30)39(26-31-19-15-16-28(3)24-31)36(41)27-40(33-22-13-14-23-35(33)45-6-2)46(43,44)32-20-11-8-12-21-32/h7-24,29,34H,5-6,25-27H2,1-4H3,(H,38,42). The molecule has 2 unspecified atom stereocenters. The molecule has 46 heavy (non-hydrogen) atoms. The van der Waals surface area contributed by atoms with Crippen molar-refractivity contribution in [2.45, 2.75) is 64.1 Å². The highest BCUT2D eigenvalue weighted by Crippen LogP contribution is 2.33. The van der Waals surface area contributed by atoms with Crippen LogP contribution in [0.15, 0.2) is 114 Å². The third-order valence-electron chi connectivity index (χ3n) is 7.75. The maximum atomic E-state index is 14.7. The summed E-state index contributed by atoms with van der Waals surface area (Å²) in [5, 5.41) is 3.06. The quantitative estimate of drug-likeness (QED) is 0.168. The topological polar surface area (TPSA) is 96.0 Å². The maximum Gasteiger partial charge on any atom is 0.264 e. The number of amides is 2. The van der Waals surface area contributed by atoms with E-state index in [0.29, 0.717) is 18.8 Å². The lowest BCUT2D eigenvalue weighted by atomic mass is 10.0. The van der Waals surface area contributed by atoms with Crippen molar-refractivity contribution >= 4 is 27.5 Å². The highest BCUT2D eigenvalue weighted by Gasteiger charge is 2.35. The Kier molecular flexibility index (Phi) is 12.0. The van der Waals surface area contributed by atoms with E-state index < -0.39 is 28.5 Å². The molecule has 0 bridgehead atoms. The van der Waals surface area contributed by atoms with Gasteiger partial charge in [-0.2, -0.15) is 0 Å². The summed E-state index contributed by atoms with van der Waals surface area (Å²) in [5.41, 5.74) is 2.95. The van der Waals surface area contributed by atoms with Crippen molar-refractivity contribution in [1.29, 1.82) is 0 Å². The van der Waals surface area contributed by atoms with E-state index in [1.165, 1.54) is 17.0 Å². The third-order valence-corrected chi connectivity index (χ3v) is 9.53. The second-order valence-electron chi connectivity index (χ2n) is 11.3. The molecule has 4 aromatic rings. The summed E-state index contributed by atoms with van der Waals surface area (Å²) in [6.07, 6.45) is 0.967. The van der Waals surface area contributed by atoms with E-state index in [2.05, 4.69) is 5.32 Å². The number of para-hydroxylation sites is 2. The largest absolute Gasteiger partial charge is 0.492 e. The van der Waals surface area contributed by atoms with Crippen LogP contribution in [0.3, 0.4) is 0 Å². The van der Waals surface area contributed by atoms with Gasteiger partial charge < -0.3 is 15.0 Å². The van der Waals surface area contributed by atoms with Gasteiger partial charge in [-0.3, -0.25) is 13.9 Å². The first-order valence-electron chi connectivity index (χ1n) is 15.6. The van der Waals surface area contributed by atoms with Crippen LogP contribution < -0.4 is 14.4 Å². The zero-order valence-electron chi connectivity index (χ0n) is 26.9. The Morgan fingerprint density at radius 2 is 1.46 bits per heavy atom. The fourth-order valence-corrected chi connectivity index (χ4v) is 6.62. The van der Waals surface area contributed by atoms with E-state index in [1.54, 1.807) is 42.5 Å². The van der Waals surface area contributed by atoms with Crippen molar-refractivity contribution in [3.63, 3.8) is 0 Å². The van der Waals surface area contributed by atoms with Crippen LogP contribution in [0.1, 0.15) is 43.9 Å². The second kappa shape index (κ2) is 16.1. The molecule has 0 heterocycles. The van der Waals surface area contributed by atoms with Crippen LogP contribution in [0, 0.1) is 6.92 Å². The molecule has 1 N–H and O–H groups in total. The highest BCUT2D eigenvalue weighted by molar-refractivity contribution is 7.92. The minimum absolute atomic E-state index is 0.0367. The Labute approximate surface area is 273 Å². The summed E-state index contributed by atoms with van der Waals surface area (Å²) < 4.78 is 35.4. The lowest BCUT2D eigenvalue weighted by molar-refractivity contribution is -0.140. The Balaban J connectivity index is 1.84. The van der Waals surface area contributed by atoms with Crippen LogP contribution in [0.25, 0.3) is 0 Å². The molecule has 2 atom stereocenters. The van der Waals surface area contributed by atoms with Gasteiger partial charge in [-0.15, -0.1) is 0 Å². The average molecular weight is 642 g/mol. The number of nitrogens with zero attached hydrogens (tertiary/aromatic N) is 2. The number of sulfonamides is 1. The normalized spacial score (nSPS) is 12.5. The number of ether oxygens (including phenoxy) is 1. The predicted molar refractivity (Wildman–Crippen MR) is 182 cm³/mol. The number of nitrogens with one attached hydrogen (secondary N) is 1. The van der Waals surface area contributed by atoms with Crippen LogP contribution in [0.2, 0.25) is 0 Å². The first kappa shape index (κ1) is 34.2. The van der Waals surface area contributed by atoms with E-state index in [-0.39, 0.29) is 35.5 Å². The van der Waals surface area contributed by atoms with E-state index in [1.807, 2.05) is 82.3 Å². The van der Waals surface area contributed by atoms with E-state index in [4.69, 9.17) is 4.74 Å². The zero-order valence-corrected chi connectivity index (χ0v) is 27.7.